The third-order valence-corrected chi connectivity index (χ3v) is 3.08. The van der Waals surface area contributed by atoms with Gasteiger partial charge >= 0.3 is 6.18 Å². The molecule has 0 amide bonds. The molecule has 0 aliphatic heterocycles. The van der Waals surface area contributed by atoms with Crippen LogP contribution in [-0.2, 0) is 6.18 Å². The second-order valence-electron chi connectivity index (χ2n) is 4.43. The van der Waals surface area contributed by atoms with E-state index in [1.807, 2.05) is 25.1 Å². The molecular weight excluding hydrogens is 239 g/mol. The van der Waals surface area contributed by atoms with Crippen molar-refractivity contribution in [3.63, 3.8) is 0 Å². The Balaban J connectivity index is 2.36. The highest BCUT2D eigenvalue weighted by molar-refractivity contribution is 6.07. The van der Waals surface area contributed by atoms with Gasteiger partial charge in [-0.05, 0) is 36.8 Å². The minimum atomic E-state index is -4.30. The standard InChI is InChI=1S/C14H10F3N/c1-8-2-4-10-11-7-9(14(15,16)17)3-5-12(11)18-13(10)6-8/h2-7,18H,1H3. The zero-order valence-electron chi connectivity index (χ0n) is 9.60. The van der Waals surface area contributed by atoms with Gasteiger partial charge in [0.25, 0.3) is 0 Å². The summed E-state index contributed by atoms with van der Waals surface area (Å²) in [5, 5.41) is 1.43. The van der Waals surface area contributed by atoms with Gasteiger partial charge in [-0.25, -0.2) is 0 Å². The molecule has 18 heavy (non-hydrogen) atoms. The van der Waals surface area contributed by atoms with E-state index in [0.29, 0.717) is 5.39 Å². The van der Waals surface area contributed by atoms with Gasteiger partial charge in [0.1, 0.15) is 0 Å². The number of halogens is 3. The Morgan fingerprint density at radius 1 is 0.889 bits per heavy atom. The zero-order valence-corrected chi connectivity index (χ0v) is 9.60. The molecule has 0 aliphatic carbocycles. The van der Waals surface area contributed by atoms with Crippen LogP contribution in [0.25, 0.3) is 21.8 Å². The highest BCUT2D eigenvalue weighted by atomic mass is 19.4. The van der Waals surface area contributed by atoms with Gasteiger partial charge in [-0.1, -0.05) is 12.1 Å². The monoisotopic (exact) mass is 249 g/mol. The van der Waals surface area contributed by atoms with E-state index in [-0.39, 0.29) is 0 Å². The van der Waals surface area contributed by atoms with Crippen LogP contribution in [0.4, 0.5) is 13.2 Å². The van der Waals surface area contributed by atoms with Gasteiger partial charge in [0.15, 0.2) is 0 Å². The zero-order chi connectivity index (χ0) is 12.9. The van der Waals surface area contributed by atoms with E-state index >= 15 is 0 Å². The van der Waals surface area contributed by atoms with Crippen molar-refractivity contribution in [2.24, 2.45) is 0 Å². The van der Waals surface area contributed by atoms with Gasteiger partial charge < -0.3 is 4.98 Å². The molecule has 0 aliphatic rings. The third-order valence-electron chi connectivity index (χ3n) is 3.08. The SMILES string of the molecule is Cc1ccc2c(c1)[nH]c1ccc(C(F)(F)F)cc12. The smallest absolute Gasteiger partial charge is 0.355 e. The van der Waals surface area contributed by atoms with Crippen molar-refractivity contribution in [1.82, 2.24) is 4.98 Å². The first-order chi connectivity index (χ1) is 8.45. The lowest BCUT2D eigenvalue weighted by Gasteiger charge is -2.05. The summed E-state index contributed by atoms with van der Waals surface area (Å²) in [6.07, 6.45) is -4.30. The van der Waals surface area contributed by atoms with Crippen LogP contribution in [0.1, 0.15) is 11.1 Å². The maximum absolute atomic E-state index is 12.7. The summed E-state index contributed by atoms with van der Waals surface area (Å²) in [6, 6.07) is 9.46. The molecule has 1 aromatic heterocycles. The van der Waals surface area contributed by atoms with E-state index in [0.717, 1.165) is 28.0 Å². The van der Waals surface area contributed by atoms with Crippen LogP contribution < -0.4 is 0 Å². The van der Waals surface area contributed by atoms with Gasteiger partial charge in [0, 0.05) is 21.8 Å². The van der Waals surface area contributed by atoms with Crippen molar-refractivity contribution in [2.75, 3.05) is 0 Å². The first-order valence-electron chi connectivity index (χ1n) is 5.54. The minimum Gasteiger partial charge on any atom is -0.355 e. The number of aromatic nitrogens is 1. The van der Waals surface area contributed by atoms with Crippen LogP contribution in [0.3, 0.4) is 0 Å². The number of hydrogen-bond acceptors (Lipinski definition) is 0. The molecule has 3 aromatic rings. The second-order valence-corrected chi connectivity index (χ2v) is 4.43. The largest absolute Gasteiger partial charge is 0.416 e. The van der Waals surface area contributed by atoms with E-state index in [1.165, 1.54) is 12.1 Å². The quantitative estimate of drug-likeness (QED) is 0.597. The van der Waals surface area contributed by atoms with Crippen molar-refractivity contribution >= 4 is 21.8 Å². The molecule has 4 heteroatoms. The minimum absolute atomic E-state index is 0.611. The Kier molecular flexibility index (Phi) is 2.17. The number of benzene rings is 2. The predicted molar refractivity (Wildman–Crippen MR) is 65.5 cm³/mol. The number of rotatable bonds is 0. The van der Waals surface area contributed by atoms with Gasteiger partial charge in [0.2, 0.25) is 0 Å². The lowest BCUT2D eigenvalue weighted by molar-refractivity contribution is -0.137. The van der Waals surface area contributed by atoms with Gasteiger partial charge in [-0.2, -0.15) is 13.2 Å². The van der Waals surface area contributed by atoms with Crippen LogP contribution in [0.15, 0.2) is 36.4 Å². The molecule has 3 rings (SSSR count). The Morgan fingerprint density at radius 3 is 2.39 bits per heavy atom. The summed E-state index contributed by atoms with van der Waals surface area (Å²) in [5.74, 6) is 0. The van der Waals surface area contributed by atoms with Gasteiger partial charge in [-0.3, -0.25) is 0 Å². The molecule has 92 valence electrons. The Hall–Kier alpha value is -1.97. The van der Waals surface area contributed by atoms with Crippen molar-refractivity contribution in [3.05, 3.63) is 47.5 Å². The fourth-order valence-electron chi connectivity index (χ4n) is 2.19. The first-order valence-corrected chi connectivity index (χ1v) is 5.54. The molecule has 1 heterocycles. The molecule has 0 atom stereocenters. The average molecular weight is 249 g/mol. The summed E-state index contributed by atoms with van der Waals surface area (Å²) in [4.78, 5) is 3.13. The molecule has 0 unspecified atom stereocenters. The van der Waals surface area contributed by atoms with Crippen LogP contribution in [0.5, 0.6) is 0 Å². The highest BCUT2D eigenvalue weighted by Gasteiger charge is 2.30. The maximum atomic E-state index is 12.7. The summed E-state index contributed by atoms with van der Waals surface area (Å²) in [5.41, 5.74) is 2.05. The molecule has 0 fully saturated rings. The summed E-state index contributed by atoms with van der Waals surface area (Å²) < 4.78 is 38.0. The fraction of sp³-hybridized carbons (Fsp3) is 0.143. The Bertz CT molecular complexity index is 738. The van der Waals surface area contributed by atoms with E-state index in [9.17, 15) is 13.2 Å². The molecule has 0 bridgehead atoms. The number of nitrogens with one attached hydrogen (secondary N) is 1. The molecule has 1 N–H and O–H groups in total. The first kappa shape index (κ1) is 11.1. The lowest BCUT2D eigenvalue weighted by Crippen LogP contribution is -2.03. The number of alkyl halides is 3. The fourth-order valence-corrected chi connectivity index (χ4v) is 2.19. The molecule has 0 radical (unpaired) electrons. The van der Waals surface area contributed by atoms with Crippen LogP contribution in [0, 0.1) is 6.92 Å². The summed E-state index contributed by atoms with van der Waals surface area (Å²) >= 11 is 0. The third kappa shape index (κ3) is 1.65. The Morgan fingerprint density at radius 2 is 1.67 bits per heavy atom. The van der Waals surface area contributed by atoms with Crippen LogP contribution in [-0.4, -0.2) is 4.98 Å². The average Bonchev–Trinajstić information content (AvgIpc) is 2.63. The van der Waals surface area contributed by atoms with Crippen molar-refractivity contribution in [1.29, 1.82) is 0 Å². The van der Waals surface area contributed by atoms with E-state index < -0.39 is 11.7 Å². The molecule has 0 saturated carbocycles. The normalized spacial score (nSPS) is 12.4. The van der Waals surface area contributed by atoms with E-state index in [1.54, 1.807) is 0 Å². The number of H-pyrrole nitrogens is 1. The van der Waals surface area contributed by atoms with Crippen molar-refractivity contribution in [2.45, 2.75) is 13.1 Å². The molecular formula is C14H10F3N. The maximum Gasteiger partial charge on any atom is 0.416 e. The Labute approximate surface area is 101 Å². The van der Waals surface area contributed by atoms with Crippen molar-refractivity contribution in [3.8, 4) is 0 Å². The number of fused-ring (bicyclic) bond motifs is 3. The topological polar surface area (TPSA) is 15.8 Å². The van der Waals surface area contributed by atoms with Crippen LogP contribution >= 0.6 is 0 Å². The predicted octanol–water partition coefficient (Wildman–Crippen LogP) is 4.65. The molecule has 2 aromatic carbocycles. The second kappa shape index (κ2) is 3.51. The van der Waals surface area contributed by atoms with E-state index in [4.69, 9.17) is 0 Å². The van der Waals surface area contributed by atoms with E-state index in [2.05, 4.69) is 4.98 Å². The number of hydrogen-bond donors (Lipinski definition) is 1. The van der Waals surface area contributed by atoms with Gasteiger partial charge in [-0.15, -0.1) is 0 Å². The summed E-state index contributed by atoms with van der Waals surface area (Å²) in [6.45, 7) is 1.95. The lowest BCUT2D eigenvalue weighted by atomic mass is 10.1. The number of aryl methyl sites for hydroxylation is 1. The molecule has 1 nitrogen and oxygen atoms in total. The number of aromatic amines is 1. The summed E-state index contributed by atoms with van der Waals surface area (Å²) in [7, 11) is 0. The molecule has 0 spiro atoms. The van der Waals surface area contributed by atoms with Crippen molar-refractivity contribution < 1.29 is 13.2 Å². The highest BCUT2D eigenvalue weighted by Crippen LogP contribution is 2.34. The van der Waals surface area contributed by atoms with Crippen LogP contribution in [0.2, 0.25) is 0 Å². The van der Waals surface area contributed by atoms with Gasteiger partial charge in [0.05, 0.1) is 5.56 Å². The molecule has 0 saturated heterocycles.